The van der Waals surface area contributed by atoms with E-state index < -0.39 is 0 Å². The summed E-state index contributed by atoms with van der Waals surface area (Å²) < 4.78 is 5.69. The van der Waals surface area contributed by atoms with Crippen molar-refractivity contribution in [3.63, 3.8) is 0 Å². The fourth-order valence-corrected chi connectivity index (χ4v) is 3.11. The molecule has 0 aliphatic carbocycles. The van der Waals surface area contributed by atoms with Crippen LogP contribution in [0.25, 0.3) is 11.3 Å². The van der Waals surface area contributed by atoms with E-state index >= 15 is 0 Å². The van der Waals surface area contributed by atoms with Gasteiger partial charge < -0.3 is 9.73 Å². The minimum Gasteiger partial charge on any atom is -0.451 e. The first kappa shape index (κ1) is 17.6. The second-order valence-corrected chi connectivity index (χ2v) is 6.84. The van der Waals surface area contributed by atoms with E-state index in [4.69, 9.17) is 27.6 Å². The molecule has 0 saturated carbocycles. The number of hydrogen-bond donors (Lipinski definition) is 1. The number of furan rings is 1. The first-order valence-corrected chi connectivity index (χ1v) is 8.55. The van der Waals surface area contributed by atoms with Crippen molar-refractivity contribution in [2.45, 2.75) is 20.8 Å². The zero-order valence-electron chi connectivity index (χ0n) is 14.1. The summed E-state index contributed by atoms with van der Waals surface area (Å²) in [5, 5.41) is 3.84. The van der Waals surface area contributed by atoms with Gasteiger partial charge in [0.25, 0.3) is 5.91 Å². The normalized spacial score (nSPS) is 10.8. The van der Waals surface area contributed by atoms with Crippen molar-refractivity contribution in [2.24, 2.45) is 0 Å². The maximum absolute atomic E-state index is 12.5. The van der Waals surface area contributed by atoms with Crippen molar-refractivity contribution in [1.29, 1.82) is 0 Å². The van der Waals surface area contributed by atoms with Crippen molar-refractivity contribution in [3.05, 3.63) is 75.0 Å². The Morgan fingerprint density at radius 3 is 2.24 bits per heavy atom. The molecule has 0 saturated heterocycles. The van der Waals surface area contributed by atoms with E-state index in [1.54, 1.807) is 30.3 Å². The number of aryl methyl sites for hydroxylation is 3. The van der Waals surface area contributed by atoms with Crippen molar-refractivity contribution in [3.8, 4) is 11.3 Å². The minimum atomic E-state index is -0.290. The van der Waals surface area contributed by atoms with E-state index in [0.29, 0.717) is 15.8 Å². The van der Waals surface area contributed by atoms with Crippen LogP contribution in [-0.4, -0.2) is 5.91 Å². The summed E-state index contributed by atoms with van der Waals surface area (Å²) in [6.45, 7) is 5.97. The lowest BCUT2D eigenvalue weighted by atomic mass is 10.1. The van der Waals surface area contributed by atoms with Crippen LogP contribution in [0.5, 0.6) is 0 Å². The number of anilines is 1. The van der Waals surface area contributed by atoms with Gasteiger partial charge >= 0.3 is 0 Å². The quantitative estimate of drug-likeness (QED) is 0.574. The van der Waals surface area contributed by atoms with Crippen molar-refractivity contribution in [1.82, 2.24) is 0 Å². The summed E-state index contributed by atoms with van der Waals surface area (Å²) in [5.74, 6) is 0.503. The molecule has 0 spiro atoms. The average molecular weight is 374 g/mol. The third-order valence-corrected chi connectivity index (χ3v) is 4.69. The topological polar surface area (TPSA) is 42.2 Å². The zero-order valence-corrected chi connectivity index (χ0v) is 15.6. The molecule has 3 aromatic rings. The van der Waals surface area contributed by atoms with Gasteiger partial charge in [0.2, 0.25) is 0 Å². The SMILES string of the molecule is Cc1cc(C)c(NC(=O)c2ccc(-c3ccc(Cl)c(Cl)c3)o2)c(C)c1. The molecule has 1 amide bonds. The largest absolute Gasteiger partial charge is 0.451 e. The van der Waals surface area contributed by atoms with E-state index in [2.05, 4.69) is 5.32 Å². The van der Waals surface area contributed by atoms with Gasteiger partial charge in [-0.1, -0.05) is 40.9 Å². The smallest absolute Gasteiger partial charge is 0.291 e. The Kier molecular flexibility index (Phi) is 4.89. The summed E-state index contributed by atoms with van der Waals surface area (Å²) in [6.07, 6.45) is 0. The number of carbonyl (C=O) groups excluding carboxylic acids is 1. The second-order valence-electron chi connectivity index (χ2n) is 6.02. The maximum Gasteiger partial charge on any atom is 0.291 e. The predicted molar refractivity (Wildman–Crippen MR) is 103 cm³/mol. The van der Waals surface area contributed by atoms with Crippen LogP contribution in [0, 0.1) is 20.8 Å². The molecule has 1 N–H and O–H groups in total. The zero-order chi connectivity index (χ0) is 18.1. The summed E-state index contributed by atoms with van der Waals surface area (Å²) >= 11 is 12.0. The monoisotopic (exact) mass is 373 g/mol. The van der Waals surface area contributed by atoms with Crippen LogP contribution in [0.2, 0.25) is 10.0 Å². The van der Waals surface area contributed by atoms with E-state index in [1.807, 2.05) is 32.9 Å². The average Bonchev–Trinajstić information content (AvgIpc) is 3.03. The fourth-order valence-electron chi connectivity index (χ4n) is 2.82. The van der Waals surface area contributed by atoms with Gasteiger partial charge in [-0.25, -0.2) is 0 Å². The lowest BCUT2D eigenvalue weighted by Crippen LogP contribution is -2.13. The van der Waals surface area contributed by atoms with Crippen molar-refractivity contribution < 1.29 is 9.21 Å². The number of carbonyl (C=O) groups is 1. The molecule has 0 bridgehead atoms. The Bertz CT molecular complexity index is 937. The number of hydrogen-bond acceptors (Lipinski definition) is 2. The van der Waals surface area contributed by atoms with Crippen LogP contribution in [0.1, 0.15) is 27.2 Å². The molecule has 0 aliphatic heterocycles. The molecule has 0 radical (unpaired) electrons. The Morgan fingerprint density at radius 2 is 1.60 bits per heavy atom. The van der Waals surface area contributed by atoms with E-state index in [-0.39, 0.29) is 11.7 Å². The lowest BCUT2D eigenvalue weighted by molar-refractivity contribution is 0.0997. The summed E-state index contributed by atoms with van der Waals surface area (Å²) in [4.78, 5) is 12.5. The van der Waals surface area contributed by atoms with Gasteiger partial charge in [0.15, 0.2) is 5.76 Å². The number of benzene rings is 2. The van der Waals surface area contributed by atoms with Crippen molar-refractivity contribution in [2.75, 3.05) is 5.32 Å². The van der Waals surface area contributed by atoms with Gasteiger partial charge in [0.1, 0.15) is 5.76 Å². The molecule has 1 aromatic heterocycles. The molecule has 5 heteroatoms. The van der Waals surface area contributed by atoms with Gasteiger partial charge in [0, 0.05) is 11.3 Å². The molecular weight excluding hydrogens is 357 g/mol. The van der Waals surface area contributed by atoms with Crippen LogP contribution in [0.4, 0.5) is 5.69 Å². The highest BCUT2D eigenvalue weighted by atomic mass is 35.5. The van der Waals surface area contributed by atoms with Gasteiger partial charge in [-0.3, -0.25) is 4.79 Å². The number of amides is 1. The van der Waals surface area contributed by atoms with Crippen LogP contribution in [0.15, 0.2) is 46.9 Å². The van der Waals surface area contributed by atoms with Gasteiger partial charge in [-0.15, -0.1) is 0 Å². The molecule has 25 heavy (non-hydrogen) atoms. The summed E-state index contributed by atoms with van der Waals surface area (Å²) in [7, 11) is 0. The molecule has 2 aromatic carbocycles. The van der Waals surface area contributed by atoms with Crippen LogP contribution in [0.3, 0.4) is 0 Å². The Labute approximate surface area is 156 Å². The highest BCUT2D eigenvalue weighted by molar-refractivity contribution is 6.42. The highest BCUT2D eigenvalue weighted by Gasteiger charge is 2.15. The summed E-state index contributed by atoms with van der Waals surface area (Å²) in [6, 6.07) is 12.6. The Balaban J connectivity index is 1.85. The second kappa shape index (κ2) is 6.95. The molecule has 0 unspecified atom stereocenters. The predicted octanol–water partition coefficient (Wildman–Crippen LogP) is 6.43. The lowest BCUT2D eigenvalue weighted by Gasteiger charge is -2.11. The fraction of sp³-hybridized carbons (Fsp3) is 0.150. The van der Waals surface area contributed by atoms with Crippen LogP contribution in [-0.2, 0) is 0 Å². The Morgan fingerprint density at radius 1 is 0.920 bits per heavy atom. The molecule has 3 nitrogen and oxygen atoms in total. The molecule has 1 heterocycles. The van der Waals surface area contributed by atoms with E-state index in [9.17, 15) is 4.79 Å². The van der Waals surface area contributed by atoms with Gasteiger partial charge in [0.05, 0.1) is 10.0 Å². The van der Waals surface area contributed by atoms with E-state index in [1.165, 1.54) is 0 Å². The third kappa shape index (κ3) is 3.73. The van der Waals surface area contributed by atoms with Crippen LogP contribution >= 0.6 is 23.2 Å². The standard InChI is InChI=1S/C20H17Cl2NO2/c1-11-8-12(2)19(13(3)9-11)23-20(24)18-7-6-17(25-18)14-4-5-15(21)16(22)10-14/h4-10H,1-3H3,(H,23,24). The molecular formula is C20H17Cl2NO2. The number of nitrogens with one attached hydrogen (secondary N) is 1. The highest BCUT2D eigenvalue weighted by Crippen LogP contribution is 2.30. The van der Waals surface area contributed by atoms with Gasteiger partial charge in [-0.05, 0) is 62.2 Å². The van der Waals surface area contributed by atoms with E-state index in [0.717, 1.165) is 27.9 Å². The number of rotatable bonds is 3. The first-order chi connectivity index (χ1) is 11.8. The molecule has 128 valence electrons. The van der Waals surface area contributed by atoms with Crippen LogP contribution < -0.4 is 5.32 Å². The summed E-state index contributed by atoms with van der Waals surface area (Å²) in [5.41, 5.74) is 4.76. The molecule has 3 rings (SSSR count). The molecule has 0 atom stereocenters. The Hall–Kier alpha value is -2.23. The number of halogens is 2. The maximum atomic E-state index is 12.5. The van der Waals surface area contributed by atoms with Crippen molar-refractivity contribution >= 4 is 34.8 Å². The minimum absolute atomic E-state index is 0.237. The molecule has 0 fully saturated rings. The van der Waals surface area contributed by atoms with Gasteiger partial charge in [-0.2, -0.15) is 0 Å². The first-order valence-electron chi connectivity index (χ1n) is 7.79. The molecule has 0 aliphatic rings. The third-order valence-electron chi connectivity index (χ3n) is 3.95.